The van der Waals surface area contributed by atoms with E-state index in [2.05, 4.69) is 38.2 Å². The van der Waals surface area contributed by atoms with Gasteiger partial charge in [0.1, 0.15) is 0 Å². The summed E-state index contributed by atoms with van der Waals surface area (Å²) in [7, 11) is 0. The van der Waals surface area contributed by atoms with Crippen LogP contribution in [-0.2, 0) is 0 Å². The van der Waals surface area contributed by atoms with Gasteiger partial charge in [0.2, 0.25) is 0 Å². The molecule has 2 nitrogen and oxygen atoms in total. The van der Waals surface area contributed by atoms with Crippen LogP contribution < -0.4 is 11.1 Å². The molecule has 0 bridgehead atoms. The molecule has 1 aromatic rings. The summed E-state index contributed by atoms with van der Waals surface area (Å²) < 4.78 is 0. The molecule has 0 aliphatic carbocycles. The molecule has 0 fully saturated rings. The number of anilines is 1. The molecule has 1 aromatic carbocycles. The van der Waals surface area contributed by atoms with E-state index < -0.39 is 0 Å². The van der Waals surface area contributed by atoms with E-state index >= 15 is 0 Å². The molecule has 0 aliphatic heterocycles. The third-order valence-corrected chi connectivity index (χ3v) is 2.67. The molecule has 0 saturated carbocycles. The molecule has 0 saturated heterocycles. The molecule has 2 heteroatoms. The Hall–Kier alpha value is -1.02. The number of nitrogens with two attached hydrogens (primary N) is 1. The summed E-state index contributed by atoms with van der Waals surface area (Å²) in [6.07, 6.45) is 0.998. The summed E-state index contributed by atoms with van der Waals surface area (Å²) in [4.78, 5) is 0. The number of hydrogen-bond acceptors (Lipinski definition) is 2. The molecule has 0 spiro atoms. The van der Waals surface area contributed by atoms with E-state index in [-0.39, 0.29) is 11.5 Å². The lowest BCUT2D eigenvalue weighted by atomic mass is 9.85. The average Bonchev–Trinajstić information content (AvgIpc) is 2.18. The number of nitrogens with one attached hydrogen (secondary N) is 1. The summed E-state index contributed by atoms with van der Waals surface area (Å²) in [6.45, 7) is 7.48. The third-order valence-electron chi connectivity index (χ3n) is 2.67. The van der Waals surface area contributed by atoms with Gasteiger partial charge in [-0.15, -0.1) is 0 Å². The van der Waals surface area contributed by atoms with Crippen LogP contribution in [0.5, 0.6) is 0 Å². The molecule has 0 heterocycles. The van der Waals surface area contributed by atoms with E-state index in [1.54, 1.807) is 0 Å². The fourth-order valence-electron chi connectivity index (χ4n) is 1.36. The minimum absolute atomic E-state index is 0.193. The van der Waals surface area contributed by atoms with Gasteiger partial charge in [0, 0.05) is 18.3 Å². The second-order valence-corrected chi connectivity index (χ2v) is 5.05. The van der Waals surface area contributed by atoms with Gasteiger partial charge in [0.05, 0.1) is 0 Å². The van der Waals surface area contributed by atoms with Crippen LogP contribution in [0.25, 0.3) is 0 Å². The molecule has 1 rings (SSSR count). The fraction of sp³-hybridized carbons (Fsp3) is 0.538. The van der Waals surface area contributed by atoms with Gasteiger partial charge in [0.15, 0.2) is 0 Å². The van der Waals surface area contributed by atoms with Gasteiger partial charge in [-0.2, -0.15) is 0 Å². The second kappa shape index (κ2) is 5.17. The molecule has 1 unspecified atom stereocenters. The maximum absolute atomic E-state index is 6.07. The molecular weight excluding hydrogens is 184 g/mol. The summed E-state index contributed by atoms with van der Waals surface area (Å²) in [5, 5.41) is 3.37. The molecule has 84 valence electrons. The van der Waals surface area contributed by atoms with Crippen LogP contribution in [0.4, 0.5) is 5.69 Å². The van der Waals surface area contributed by atoms with Crippen LogP contribution in [-0.4, -0.2) is 12.6 Å². The minimum Gasteiger partial charge on any atom is -0.385 e. The Bertz CT molecular complexity index is 274. The zero-order chi connectivity index (χ0) is 11.3. The quantitative estimate of drug-likeness (QED) is 0.795. The number of para-hydroxylation sites is 1. The maximum Gasteiger partial charge on any atom is 0.0340 e. The first-order valence-corrected chi connectivity index (χ1v) is 5.54. The third kappa shape index (κ3) is 4.34. The van der Waals surface area contributed by atoms with Gasteiger partial charge in [-0.05, 0) is 24.0 Å². The lowest BCUT2D eigenvalue weighted by Crippen LogP contribution is -2.36. The van der Waals surface area contributed by atoms with Crippen molar-refractivity contribution in [2.75, 3.05) is 11.9 Å². The number of rotatable bonds is 4. The predicted molar refractivity (Wildman–Crippen MR) is 67.0 cm³/mol. The van der Waals surface area contributed by atoms with Crippen molar-refractivity contribution in [2.45, 2.75) is 33.2 Å². The Kier molecular flexibility index (Phi) is 4.15. The van der Waals surface area contributed by atoms with Crippen LogP contribution in [0.1, 0.15) is 27.2 Å². The van der Waals surface area contributed by atoms with E-state index in [4.69, 9.17) is 5.73 Å². The highest BCUT2D eigenvalue weighted by molar-refractivity contribution is 5.42. The molecule has 3 N–H and O–H groups in total. The Labute approximate surface area is 92.9 Å². The highest BCUT2D eigenvalue weighted by Crippen LogP contribution is 2.19. The molecule has 0 amide bonds. The monoisotopic (exact) mass is 206 g/mol. The predicted octanol–water partition coefficient (Wildman–Crippen LogP) is 2.86. The first kappa shape index (κ1) is 12.1. The van der Waals surface area contributed by atoms with Crippen LogP contribution in [0.15, 0.2) is 30.3 Å². The first-order valence-electron chi connectivity index (χ1n) is 5.54. The van der Waals surface area contributed by atoms with Crippen molar-refractivity contribution < 1.29 is 0 Å². The summed E-state index contributed by atoms with van der Waals surface area (Å²) in [6, 6.07) is 10.5. The lowest BCUT2D eigenvalue weighted by molar-refractivity contribution is 0.310. The van der Waals surface area contributed by atoms with E-state index in [0.717, 1.165) is 13.0 Å². The van der Waals surface area contributed by atoms with Gasteiger partial charge in [0.25, 0.3) is 0 Å². The summed E-state index contributed by atoms with van der Waals surface area (Å²) >= 11 is 0. The van der Waals surface area contributed by atoms with Gasteiger partial charge in [-0.1, -0.05) is 39.0 Å². The van der Waals surface area contributed by atoms with Gasteiger partial charge in [-0.25, -0.2) is 0 Å². The smallest absolute Gasteiger partial charge is 0.0340 e. The number of benzene rings is 1. The SMILES string of the molecule is CC(C)(C)C(N)CCNc1ccccc1. The van der Waals surface area contributed by atoms with Crippen molar-refractivity contribution in [1.82, 2.24) is 0 Å². The summed E-state index contributed by atoms with van der Waals surface area (Å²) in [5.74, 6) is 0. The van der Waals surface area contributed by atoms with E-state index in [0.29, 0.717) is 0 Å². The molecule has 1 atom stereocenters. The van der Waals surface area contributed by atoms with Crippen molar-refractivity contribution in [3.05, 3.63) is 30.3 Å². The first-order chi connectivity index (χ1) is 7.00. The normalized spacial score (nSPS) is 13.6. The zero-order valence-electron chi connectivity index (χ0n) is 9.96. The lowest BCUT2D eigenvalue weighted by Gasteiger charge is -2.27. The number of hydrogen-bond donors (Lipinski definition) is 2. The second-order valence-electron chi connectivity index (χ2n) is 5.05. The summed E-state index contributed by atoms with van der Waals surface area (Å²) in [5.41, 5.74) is 7.43. The Balaban J connectivity index is 2.28. The van der Waals surface area contributed by atoms with Crippen LogP contribution >= 0.6 is 0 Å². The van der Waals surface area contributed by atoms with Crippen molar-refractivity contribution in [3.63, 3.8) is 0 Å². The van der Waals surface area contributed by atoms with Crippen molar-refractivity contribution in [2.24, 2.45) is 11.1 Å². The largest absolute Gasteiger partial charge is 0.385 e. The molecule has 0 aromatic heterocycles. The van der Waals surface area contributed by atoms with Gasteiger partial charge < -0.3 is 11.1 Å². The zero-order valence-corrected chi connectivity index (χ0v) is 9.96. The standard InChI is InChI=1S/C13H22N2/c1-13(2,3)12(14)9-10-15-11-7-5-4-6-8-11/h4-8,12,15H,9-10,14H2,1-3H3. The average molecular weight is 206 g/mol. The van der Waals surface area contributed by atoms with E-state index in [9.17, 15) is 0 Å². The van der Waals surface area contributed by atoms with Crippen LogP contribution in [0, 0.1) is 5.41 Å². The van der Waals surface area contributed by atoms with Gasteiger partial charge in [-0.3, -0.25) is 0 Å². The van der Waals surface area contributed by atoms with Crippen LogP contribution in [0.3, 0.4) is 0 Å². The van der Waals surface area contributed by atoms with Crippen molar-refractivity contribution >= 4 is 5.69 Å². The Morgan fingerprint density at radius 1 is 1.20 bits per heavy atom. The van der Waals surface area contributed by atoms with E-state index in [1.807, 2.05) is 18.2 Å². The van der Waals surface area contributed by atoms with Crippen molar-refractivity contribution in [3.8, 4) is 0 Å². The Morgan fingerprint density at radius 3 is 2.33 bits per heavy atom. The maximum atomic E-state index is 6.07. The van der Waals surface area contributed by atoms with E-state index in [1.165, 1.54) is 5.69 Å². The minimum atomic E-state index is 0.193. The van der Waals surface area contributed by atoms with Gasteiger partial charge >= 0.3 is 0 Å². The molecule has 0 aliphatic rings. The fourth-order valence-corrected chi connectivity index (χ4v) is 1.36. The van der Waals surface area contributed by atoms with Crippen LogP contribution in [0.2, 0.25) is 0 Å². The van der Waals surface area contributed by atoms with Crippen molar-refractivity contribution in [1.29, 1.82) is 0 Å². The molecule has 15 heavy (non-hydrogen) atoms. The molecule has 0 radical (unpaired) electrons. The topological polar surface area (TPSA) is 38.0 Å². The Morgan fingerprint density at radius 2 is 1.80 bits per heavy atom. The molecular formula is C13H22N2. The highest BCUT2D eigenvalue weighted by atomic mass is 14.9. The highest BCUT2D eigenvalue weighted by Gasteiger charge is 2.19.